The van der Waals surface area contributed by atoms with E-state index in [2.05, 4.69) is 26.5 Å². The lowest BCUT2D eigenvalue weighted by Gasteiger charge is -2.24. The summed E-state index contributed by atoms with van der Waals surface area (Å²) in [6.07, 6.45) is 9.38. The molecule has 1 N–H and O–H groups in total. The van der Waals surface area contributed by atoms with Crippen molar-refractivity contribution in [2.45, 2.75) is 38.6 Å². The number of nitrogens with zero attached hydrogens (tertiary/aromatic N) is 7. The highest BCUT2D eigenvalue weighted by Crippen LogP contribution is 2.33. The molecular weight excluding hydrogens is 543 g/mol. The highest BCUT2D eigenvalue weighted by atomic mass is 35.5. The lowest BCUT2D eigenvalue weighted by molar-refractivity contribution is -0.119. The van der Waals surface area contributed by atoms with Crippen LogP contribution in [-0.2, 0) is 4.79 Å². The molecule has 1 aliphatic heterocycles. The summed E-state index contributed by atoms with van der Waals surface area (Å²) in [7, 11) is 0. The lowest BCUT2D eigenvalue weighted by Crippen LogP contribution is -2.33. The fourth-order valence-corrected chi connectivity index (χ4v) is 5.12. The zero-order valence-corrected chi connectivity index (χ0v) is 22.7. The van der Waals surface area contributed by atoms with Gasteiger partial charge in [-0.05, 0) is 56.7 Å². The van der Waals surface area contributed by atoms with Crippen LogP contribution in [0.4, 0.5) is 3.89 Å². The molecule has 13 heteroatoms. The van der Waals surface area contributed by atoms with Gasteiger partial charge in [0.15, 0.2) is 23.8 Å². The van der Waals surface area contributed by atoms with Gasteiger partial charge in [-0.15, -0.1) is 3.89 Å². The molecule has 2 fully saturated rings. The number of carbonyl (C=O) groups is 2. The molecule has 202 valence electrons. The molecule has 0 unspecified atom stereocenters. The van der Waals surface area contributed by atoms with Crippen LogP contribution in [0.3, 0.4) is 0 Å². The maximum Gasteiger partial charge on any atom is 0.255 e. The SMILES string of the molecule is C[C@H](NC(=O)c1cn(SF)c2ncc(-n3ncc4cc(Cl)ccc43)nc12)C1CC1.N#CC1CCN(C=O)CC1. The largest absolute Gasteiger partial charge is 0.349 e. The second kappa shape index (κ2) is 11.6. The molecule has 1 saturated carbocycles. The number of carbonyl (C=O) groups excluding carboxylic acids is 2. The van der Waals surface area contributed by atoms with Crippen molar-refractivity contribution in [1.29, 1.82) is 5.26 Å². The Bertz CT molecular complexity index is 1550. The van der Waals surface area contributed by atoms with Crippen molar-refractivity contribution in [2.24, 2.45) is 11.8 Å². The summed E-state index contributed by atoms with van der Waals surface area (Å²) >= 11 is 6.02. The standard InChI is InChI=1S/C19H16ClFN6OS.C7H10N2O/c1-10(11-2-3-11)24-19(28)14-9-26(29-21)18-17(14)25-16(8-22-18)27-15-5-4-13(20)6-12(15)7-23-27;8-5-7-1-3-9(6-10)4-2-7/h4-11H,2-3H2,1H3,(H,24,28);6-7H,1-4H2/t10-;/m0./s1. The molecule has 1 saturated heterocycles. The minimum absolute atomic E-state index is 0.0214. The maximum atomic E-state index is 13.4. The van der Waals surface area contributed by atoms with Crippen molar-refractivity contribution in [2.75, 3.05) is 13.1 Å². The molecule has 0 radical (unpaired) electrons. The molecule has 4 aromatic rings. The number of rotatable bonds is 6. The Morgan fingerprint density at radius 2 is 2.05 bits per heavy atom. The third kappa shape index (κ3) is 5.84. The monoisotopic (exact) mass is 568 g/mol. The van der Waals surface area contributed by atoms with Gasteiger partial charge in [-0.25, -0.2) is 18.6 Å². The summed E-state index contributed by atoms with van der Waals surface area (Å²) in [5.41, 5.74) is 1.69. The average molecular weight is 569 g/mol. The number of fused-ring (bicyclic) bond motifs is 2. The summed E-state index contributed by atoms with van der Waals surface area (Å²) in [5, 5.41) is 17.3. The van der Waals surface area contributed by atoms with Crippen LogP contribution in [0.15, 0.2) is 36.8 Å². The van der Waals surface area contributed by atoms with Gasteiger partial charge in [0.25, 0.3) is 5.91 Å². The maximum absolute atomic E-state index is 13.4. The predicted octanol–water partition coefficient (Wildman–Crippen LogP) is 4.71. The molecule has 6 rings (SSSR count). The van der Waals surface area contributed by atoms with E-state index in [-0.39, 0.29) is 41.4 Å². The van der Waals surface area contributed by atoms with E-state index in [9.17, 15) is 13.5 Å². The van der Waals surface area contributed by atoms with E-state index in [1.807, 2.05) is 13.0 Å². The first kappa shape index (κ1) is 26.9. The van der Waals surface area contributed by atoms with E-state index in [1.165, 1.54) is 16.4 Å². The number of aromatic nitrogens is 5. The van der Waals surface area contributed by atoms with Gasteiger partial charge in [-0.2, -0.15) is 10.4 Å². The van der Waals surface area contributed by atoms with Crippen LogP contribution in [0.1, 0.15) is 43.0 Å². The summed E-state index contributed by atoms with van der Waals surface area (Å²) in [6, 6.07) is 7.68. The molecule has 10 nitrogen and oxygen atoms in total. The molecule has 1 aromatic carbocycles. The number of piperidine rings is 1. The first-order valence-corrected chi connectivity index (χ1v) is 13.7. The number of hydrogen-bond donors (Lipinski definition) is 1. The Kier molecular flexibility index (Phi) is 7.99. The van der Waals surface area contributed by atoms with Gasteiger partial charge in [-0.1, -0.05) is 11.6 Å². The Morgan fingerprint density at radius 1 is 1.28 bits per heavy atom. The van der Waals surface area contributed by atoms with E-state index in [0.29, 0.717) is 22.3 Å². The number of amides is 2. The van der Waals surface area contributed by atoms with E-state index < -0.39 is 0 Å². The smallest absolute Gasteiger partial charge is 0.255 e. The zero-order chi connectivity index (χ0) is 27.5. The normalized spacial score (nSPS) is 16.4. The molecule has 1 atom stereocenters. The van der Waals surface area contributed by atoms with Gasteiger partial charge in [-0.3, -0.25) is 9.59 Å². The van der Waals surface area contributed by atoms with Gasteiger partial charge in [0, 0.05) is 41.7 Å². The van der Waals surface area contributed by atoms with Crippen molar-refractivity contribution >= 4 is 58.3 Å². The third-order valence-corrected chi connectivity index (χ3v) is 7.73. The Morgan fingerprint density at radius 3 is 2.72 bits per heavy atom. The van der Waals surface area contributed by atoms with Gasteiger partial charge in [0.05, 0.1) is 29.5 Å². The quantitative estimate of drug-likeness (QED) is 0.334. The number of nitriles is 1. The number of likely N-dealkylation sites (tertiary alicyclic amines) is 1. The Labute approximate surface area is 233 Å². The molecule has 0 bridgehead atoms. The van der Waals surface area contributed by atoms with Crippen LogP contribution in [0.2, 0.25) is 5.02 Å². The number of benzene rings is 1. The molecule has 39 heavy (non-hydrogen) atoms. The highest BCUT2D eigenvalue weighted by molar-refractivity contribution is 7.92. The van der Waals surface area contributed by atoms with Crippen LogP contribution < -0.4 is 5.32 Å². The molecule has 4 heterocycles. The minimum Gasteiger partial charge on any atom is -0.349 e. The first-order valence-electron chi connectivity index (χ1n) is 12.6. The fourth-order valence-electron chi connectivity index (χ4n) is 4.59. The van der Waals surface area contributed by atoms with E-state index in [1.54, 1.807) is 27.9 Å². The molecule has 1 aliphatic carbocycles. The molecule has 3 aromatic heterocycles. The molecule has 2 aliphatic rings. The third-order valence-electron chi connectivity index (χ3n) is 7.07. The van der Waals surface area contributed by atoms with Crippen LogP contribution in [0.25, 0.3) is 27.9 Å². The number of nitrogens with one attached hydrogen (secondary N) is 1. The Hall–Kier alpha value is -3.69. The van der Waals surface area contributed by atoms with Crippen LogP contribution >= 0.6 is 23.9 Å². The van der Waals surface area contributed by atoms with E-state index >= 15 is 0 Å². The summed E-state index contributed by atoms with van der Waals surface area (Å²) in [4.78, 5) is 33.7. The topological polar surface area (TPSA) is 122 Å². The van der Waals surface area contributed by atoms with E-state index in [0.717, 1.165) is 56.1 Å². The van der Waals surface area contributed by atoms with Crippen LogP contribution in [0, 0.1) is 23.2 Å². The average Bonchev–Trinajstić information content (AvgIpc) is 3.64. The first-order chi connectivity index (χ1) is 18.9. The van der Waals surface area contributed by atoms with Gasteiger partial charge < -0.3 is 10.2 Å². The Balaban J connectivity index is 0.000000261. The van der Waals surface area contributed by atoms with Gasteiger partial charge in [0.2, 0.25) is 6.41 Å². The number of hydrogen-bond acceptors (Lipinski definition) is 7. The summed E-state index contributed by atoms with van der Waals surface area (Å²) < 4.78 is 16.2. The zero-order valence-electron chi connectivity index (χ0n) is 21.1. The van der Waals surface area contributed by atoms with Crippen molar-refractivity contribution in [3.63, 3.8) is 0 Å². The van der Waals surface area contributed by atoms with Crippen LogP contribution in [0.5, 0.6) is 0 Å². The van der Waals surface area contributed by atoms with Gasteiger partial charge >= 0.3 is 0 Å². The van der Waals surface area contributed by atoms with Gasteiger partial charge in [0.1, 0.15) is 5.52 Å². The second-order valence-corrected chi connectivity index (χ2v) is 10.7. The lowest BCUT2D eigenvalue weighted by atomic mass is 9.99. The van der Waals surface area contributed by atoms with Crippen molar-refractivity contribution in [1.82, 2.24) is 33.9 Å². The summed E-state index contributed by atoms with van der Waals surface area (Å²) in [6.45, 7) is 3.49. The minimum atomic E-state index is -0.286. The van der Waals surface area contributed by atoms with Crippen molar-refractivity contribution in [3.8, 4) is 11.9 Å². The van der Waals surface area contributed by atoms with E-state index in [4.69, 9.17) is 16.9 Å². The fraction of sp³-hybridized carbons (Fsp3) is 0.385. The highest BCUT2D eigenvalue weighted by Gasteiger charge is 2.30. The van der Waals surface area contributed by atoms with Crippen molar-refractivity contribution in [3.05, 3.63) is 47.4 Å². The molecule has 0 spiro atoms. The van der Waals surface area contributed by atoms with Crippen molar-refractivity contribution < 1.29 is 13.5 Å². The predicted molar refractivity (Wildman–Crippen MR) is 147 cm³/mol. The number of halogens is 2. The second-order valence-electron chi connectivity index (χ2n) is 9.74. The summed E-state index contributed by atoms with van der Waals surface area (Å²) in [5.74, 6) is 0.828. The van der Waals surface area contributed by atoms with Crippen LogP contribution in [-0.4, -0.2) is 60.1 Å². The molecule has 2 amide bonds. The molecular formula is C26H26ClFN8O2S.